The molecule has 0 atom stereocenters. The first-order valence-electron chi connectivity index (χ1n) is 6.21. The number of hydrogen-bond acceptors (Lipinski definition) is 3. The normalized spacial score (nSPS) is 10.2. The predicted molar refractivity (Wildman–Crippen MR) is 75.0 cm³/mol. The largest absolute Gasteiger partial charge is 0.381 e. The van der Waals surface area contributed by atoms with Crippen molar-refractivity contribution in [1.29, 1.82) is 0 Å². The summed E-state index contributed by atoms with van der Waals surface area (Å²) in [5.74, 6) is -0.487. The molecule has 0 unspecified atom stereocenters. The molecule has 0 aliphatic carbocycles. The second-order valence-corrected chi connectivity index (χ2v) is 4.18. The summed E-state index contributed by atoms with van der Waals surface area (Å²) in [5.41, 5.74) is 2.07. The average molecular weight is 264 g/mol. The Morgan fingerprint density at radius 3 is 2.50 bits per heavy atom. The molecule has 0 radical (unpaired) electrons. The Labute approximate surface area is 116 Å². The third kappa shape index (κ3) is 2.44. The standard InChI is InChI=1S/C16H12N2O2/c19-16(14-9-4-5-11-17-14)20-18-12-6-10-15(18)13-7-2-1-3-8-13/h1-12H. The summed E-state index contributed by atoms with van der Waals surface area (Å²) >= 11 is 0. The van der Waals surface area contributed by atoms with Crippen LogP contribution in [0.1, 0.15) is 10.5 Å². The average Bonchev–Trinajstić information content (AvgIpc) is 2.97. The monoisotopic (exact) mass is 264 g/mol. The van der Waals surface area contributed by atoms with Crippen molar-refractivity contribution in [2.24, 2.45) is 0 Å². The van der Waals surface area contributed by atoms with Crippen LogP contribution in [0.2, 0.25) is 0 Å². The van der Waals surface area contributed by atoms with Crippen LogP contribution >= 0.6 is 0 Å². The molecule has 98 valence electrons. The van der Waals surface area contributed by atoms with Gasteiger partial charge in [0.1, 0.15) is 0 Å². The molecule has 3 rings (SSSR count). The van der Waals surface area contributed by atoms with Crippen LogP contribution in [-0.4, -0.2) is 15.7 Å². The Morgan fingerprint density at radius 2 is 1.75 bits per heavy atom. The van der Waals surface area contributed by atoms with Gasteiger partial charge in [-0.15, -0.1) is 0 Å². The highest BCUT2D eigenvalue weighted by molar-refractivity contribution is 5.87. The van der Waals surface area contributed by atoms with Crippen LogP contribution in [0.3, 0.4) is 0 Å². The Morgan fingerprint density at radius 1 is 0.950 bits per heavy atom. The fourth-order valence-corrected chi connectivity index (χ4v) is 1.90. The van der Waals surface area contributed by atoms with Gasteiger partial charge in [-0.25, -0.2) is 9.78 Å². The second-order valence-electron chi connectivity index (χ2n) is 4.18. The maximum atomic E-state index is 12.0. The summed E-state index contributed by atoms with van der Waals surface area (Å²) in [5, 5.41) is 0. The highest BCUT2D eigenvalue weighted by Gasteiger charge is 2.12. The SMILES string of the molecule is O=C(On1cccc1-c1ccccc1)c1ccccn1. The van der Waals surface area contributed by atoms with Gasteiger partial charge in [-0.1, -0.05) is 36.4 Å². The van der Waals surface area contributed by atoms with Crippen molar-refractivity contribution in [3.8, 4) is 11.3 Å². The summed E-state index contributed by atoms with van der Waals surface area (Å²) in [6, 6.07) is 18.6. The van der Waals surface area contributed by atoms with Crippen molar-refractivity contribution in [2.45, 2.75) is 0 Å². The Hall–Kier alpha value is -2.88. The molecule has 20 heavy (non-hydrogen) atoms. The third-order valence-corrected chi connectivity index (χ3v) is 2.84. The first-order chi connectivity index (χ1) is 9.84. The van der Waals surface area contributed by atoms with E-state index in [0.29, 0.717) is 0 Å². The number of aromatic nitrogens is 2. The van der Waals surface area contributed by atoms with Gasteiger partial charge in [0.15, 0.2) is 5.69 Å². The number of carbonyl (C=O) groups is 1. The topological polar surface area (TPSA) is 44.1 Å². The molecule has 0 saturated heterocycles. The molecule has 0 amide bonds. The lowest BCUT2D eigenvalue weighted by Crippen LogP contribution is -2.20. The van der Waals surface area contributed by atoms with E-state index >= 15 is 0 Å². The Kier molecular flexibility index (Phi) is 3.29. The van der Waals surface area contributed by atoms with E-state index in [-0.39, 0.29) is 5.69 Å². The van der Waals surface area contributed by atoms with E-state index in [1.54, 1.807) is 30.6 Å². The Bertz CT molecular complexity index is 706. The zero-order valence-corrected chi connectivity index (χ0v) is 10.6. The van der Waals surface area contributed by atoms with E-state index in [9.17, 15) is 4.79 Å². The summed E-state index contributed by atoms with van der Waals surface area (Å²) in [6.45, 7) is 0. The smallest absolute Gasteiger partial charge is 0.329 e. The number of nitrogens with zero attached hydrogens (tertiary/aromatic N) is 2. The molecule has 0 aliphatic heterocycles. The molecule has 4 heteroatoms. The quantitative estimate of drug-likeness (QED) is 0.730. The lowest BCUT2D eigenvalue weighted by atomic mass is 10.2. The molecule has 0 spiro atoms. The number of carbonyl (C=O) groups excluding carboxylic acids is 1. The molecule has 2 aromatic heterocycles. The summed E-state index contributed by atoms with van der Waals surface area (Å²) in [4.78, 5) is 21.3. The molecule has 0 N–H and O–H groups in total. The van der Waals surface area contributed by atoms with E-state index in [1.165, 1.54) is 4.73 Å². The van der Waals surface area contributed by atoms with Crippen LogP contribution in [0.15, 0.2) is 73.1 Å². The van der Waals surface area contributed by atoms with E-state index < -0.39 is 5.97 Å². The van der Waals surface area contributed by atoms with E-state index in [2.05, 4.69) is 4.98 Å². The number of hydrogen-bond donors (Lipinski definition) is 0. The molecular formula is C16H12N2O2. The van der Waals surface area contributed by atoms with Crippen molar-refractivity contribution < 1.29 is 9.63 Å². The van der Waals surface area contributed by atoms with Crippen molar-refractivity contribution in [3.05, 3.63) is 78.8 Å². The minimum Gasteiger partial charge on any atom is -0.329 e. The molecule has 1 aromatic carbocycles. The van der Waals surface area contributed by atoms with Crippen LogP contribution in [0.25, 0.3) is 11.3 Å². The highest BCUT2D eigenvalue weighted by atomic mass is 16.7. The van der Waals surface area contributed by atoms with Crippen LogP contribution < -0.4 is 4.84 Å². The van der Waals surface area contributed by atoms with Crippen LogP contribution in [0, 0.1) is 0 Å². The Balaban J connectivity index is 1.86. The molecule has 4 nitrogen and oxygen atoms in total. The molecule has 0 bridgehead atoms. The van der Waals surface area contributed by atoms with Gasteiger partial charge in [0.2, 0.25) is 0 Å². The molecule has 0 fully saturated rings. The van der Waals surface area contributed by atoms with Crippen molar-refractivity contribution in [2.75, 3.05) is 0 Å². The summed E-state index contributed by atoms with van der Waals surface area (Å²) in [6.07, 6.45) is 3.26. The fourth-order valence-electron chi connectivity index (χ4n) is 1.90. The first-order valence-corrected chi connectivity index (χ1v) is 6.21. The zero-order valence-electron chi connectivity index (χ0n) is 10.6. The molecule has 2 heterocycles. The summed E-state index contributed by atoms with van der Waals surface area (Å²) in [7, 11) is 0. The van der Waals surface area contributed by atoms with Gasteiger partial charge < -0.3 is 4.84 Å². The molecule has 3 aromatic rings. The van der Waals surface area contributed by atoms with Crippen LogP contribution in [0.5, 0.6) is 0 Å². The lowest BCUT2D eigenvalue weighted by Gasteiger charge is -2.08. The summed E-state index contributed by atoms with van der Waals surface area (Å²) < 4.78 is 1.45. The van der Waals surface area contributed by atoms with Gasteiger partial charge in [0.25, 0.3) is 0 Å². The second kappa shape index (κ2) is 5.40. The zero-order chi connectivity index (χ0) is 13.8. The van der Waals surface area contributed by atoms with Crippen molar-refractivity contribution in [1.82, 2.24) is 9.71 Å². The number of rotatable bonds is 3. The van der Waals surface area contributed by atoms with E-state index in [0.717, 1.165) is 11.3 Å². The van der Waals surface area contributed by atoms with Gasteiger partial charge >= 0.3 is 5.97 Å². The van der Waals surface area contributed by atoms with Gasteiger partial charge in [0.05, 0.1) is 5.69 Å². The van der Waals surface area contributed by atoms with Crippen molar-refractivity contribution >= 4 is 5.97 Å². The van der Waals surface area contributed by atoms with Gasteiger partial charge in [0, 0.05) is 18.0 Å². The highest BCUT2D eigenvalue weighted by Crippen LogP contribution is 2.18. The van der Waals surface area contributed by atoms with E-state index in [4.69, 9.17) is 4.84 Å². The van der Waals surface area contributed by atoms with Crippen LogP contribution in [0.4, 0.5) is 0 Å². The molecular weight excluding hydrogens is 252 g/mol. The predicted octanol–water partition coefficient (Wildman–Crippen LogP) is 2.82. The third-order valence-electron chi connectivity index (χ3n) is 2.84. The van der Waals surface area contributed by atoms with Gasteiger partial charge in [-0.05, 0) is 24.3 Å². The van der Waals surface area contributed by atoms with E-state index in [1.807, 2.05) is 42.5 Å². The van der Waals surface area contributed by atoms with Gasteiger partial charge in [-0.3, -0.25) is 0 Å². The lowest BCUT2D eigenvalue weighted by molar-refractivity contribution is 0.0464. The van der Waals surface area contributed by atoms with Crippen LogP contribution in [-0.2, 0) is 0 Å². The minimum absolute atomic E-state index is 0.278. The van der Waals surface area contributed by atoms with Crippen molar-refractivity contribution in [3.63, 3.8) is 0 Å². The minimum atomic E-state index is -0.487. The fraction of sp³-hybridized carbons (Fsp3) is 0. The van der Waals surface area contributed by atoms with Gasteiger partial charge in [-0.2, -0.15) is 4.73 Å². The first kappa shape index (κ1) is 12.2. The number of pyridine rings is 1. The maximum Gasteiger partial charge on any atom is 0.381 e. The number of benzene rings is 1. The maximum absolute atomic E-state index is 12.0. The molecule has 0 aliphatic rings. The molecule has 0 saturated carbocycles.